The van der Waals surface area contributed by atoms with Gasteiger partial charge in [0.05, 0.1) is 22.5 Å². The van der Waals surface area contributed by atoms with Gasteiger partial charge in [-0.25, -0.2) is 18.0 Å². The lowest BCUT2D eigenvalue weighted by atomic mass is 9.79. The van der Waals surface area contributed by atoms with Gasteiger partial charge >= 0.3 is 11.9 Å². The number of benzene rings is 2. The average molecular weight is 472 g/mol. The van der Waals surface area contributed by atoms with Gasteiger partial charge in [0.25, 0.3) is 5.91 Å². The van der Waals surface area contributed by atoms with Crippen molar-refractivity contribution in [2.75, 3.05) is 11.9 Å². The van der Waals surface area contributed by atoms with Crippen LogP contribution < -0.4 is 15.9 Å². The molecular weight excluding hydrogens is 454 g/mol. The number of carbonyl (C=O) groups is 1. The number of hydrogen-bond acceptors (Lipinski definition) is 3. The maximum absolute atomic E-state index is 14.5. The van der Waals surface area contributed by atoms with Crippen LogP contribution in [0.15, 0.2) is 29.1 Å². The van der Waals surface area contributed by atoms with Crippen molar-refractivity contribution in [1.82, 2.24) is 15.3 Å². The van der Waals surface area contributed by atoms with E-state index in [0.29, 0.717) is 0 Å². The minimum Gasteiger partial charge on any atom is -0.371 e. The number of alkyl halides is 3. The van der Waals surface area contributed by atoms with Gasteiger partial charge in [-0.3, -0.25) is 4.79 Å². The summed E-state index contributed by atoms with van der Waals surface area (Å²) >= 11 is 0. The number of nitrogens with zero attached hydrogens (tertiary/aromatic N) is 1. The largest absolute Gasteiger partial charge is 0.391 e. The third kappa shape index (κ3) is 4.41. The third-order valence-corrected chi connectivity index (χ3v) is 5.93. The fourth-order valence-electron chi connectivity index (χ4n) is 3.84. The molecule has 0 unspecified atom stereocenters. The summed E-state index contributed by atoms with van der Waals surface area (Å²) < 4.78 is 81.3. The normalized spacial score (nSPS) is 18.3. The van der Waals surface area contributed by atoms with E-state index in [4.69, 9.17) is 0 Å². The zero-order valence-corrected chi connectivity index (χ0v) is 17.1. The Kier molecular flexibility index (Phi) is 5.62. The second-order valence-corrected chi connectivity index (χ2v) is 8.00. The summed E-state index contributed by atoms with van der Waals surface area (Å²) in [6.45, 7) is -0.596. The molecule has 0 radical (unpaired) electrons. The maximum Gasteiger partial charge on any atom is 0.391 e. The number of rotatable bonds is 5. The van der Waals surface area contributed by atoms with Crippen LogP contribution in [0.4, 0.5) is 32.0 Å². The minimum absolute atomic E-state index is 0.0682. The van der Waals surface area contributed by atoms with Gasteiger partial charge in [0.1, 0.15) is 17.5 Å². The standard InChI is InChI=1S/C21H18F6N4O2/c1-31(10-2-9(3-10)21(25,26)27)11-4-14(22)13(15(23)5-11)8-28-19(32)12-6-17-18(7-16(12)24)30-20(33)29-17/h4-7,9-10H,2-3,8H2,1H3,(H,28,32)(H2,29,30,33). The zero-order chi connectivity index (χ0) is 24.1. The molecule has 176 valence electrons. The van der Waals surface area contributed by atoms with Crippen LogP contribution in [-0.4, -0.2) is 35.1 Å². The highest BCUT2D eigenvalue weighted by atomic mass is 19.4. The van der Waals surface area contributed by atoms with E-state index in [1.807, 2.05) is 0 Å². The Morgan fingerprint density at radius 2 is 1.61 bits per heavy atom. The van der Waals surface area contributed by atoms with E-state index in [-0.39, 0.29) is 29.6 Å². The monoisotopic (exact) mass is 472 g/mol. The van der Waals surface area contributed by atoms with Gasteiger partial charge in [0.15, 0.2) is 0 Å². The molecule has 33 heavy (non-hydrogen) atoms. The molecule has 0 saturated heterocycles. The second-order valence-electron chi connectivity index (χ2n) is 8.00. The molecule has 6 nitrogen and oxygen atoms in total. The van der Waals surface area contributed by atoms with Gasteiger partial charge < -0.3 is 20.2 Å². The molecule has 1 fully saturated rings. The van der Waals surface area contributed by atoms with Crippen LogP contribution in [0.5, 0.6) is 0 Å². The number of hydrogen-bond donors (Lipinski definition) is 3. The minimum atomic E-state index is -4.30. The first-order valence-corrected chi connectivity index (χ1v) is 9.91. The summed E-state index contributed by atoms with van der Waals surface area (Å²) in [5, 5.41) is 2.23. The van der Waals surface area contributed by atoms with Gasteiger partial charge in [-0.1, -0.05) is 0 Å². The molecule has 1 aliphatic rings. The SMILES string of the molecule is CN(c1cc(F)c(CNC(=O)c2cc3[nH]c(=O)[nH]c3cc2F)c(F)c1)C1CC(C(F)(F)F)C1. The molecule has 0 spiro atoms. The predicted molar refractivity (Wildman–Crippen MR) is 107 cm³/mol. The molecule has 1 heterocycles. The Morgan fingerprint density at radius 3 is 2.18 bits per heavy atom. The van der Waals surface area contributed by atoms with Crippen molar-refractivity contribution in [3.8, 4) is 0 Å². The van der Waals surface area contributed by atoms with Crippen molar-refractivity contribution in [2.45, 2.75) is 31.6 Å². The average Bonchev–Trinajstić information content (AvgIpc) is 3.02. The highest BCUT2D eigenvalue weighted by molar-refractivity contribution is 5.97. The number of imidazole rings is 1. The first-order chi connectivity index (χ1) is 15.4. The molecule has 0 bridgehead atoms. The summed E-state index contributed by atoms with van der Waals surface area (Å²) in [6.07, 6.45) is -4.62. The van der Waals surface area contributed by atoms with E-state index in [9.17, 15) is 35.9 Å². The van der Waals surface area contributed by atoms with Crippen LogP contribution in [-0.2, 0) is 6.54 Å². The van der Waals surface area contributed by atoms with Crippen LogP contribution in [0.3, 0.4) is 0 Å². The quantitative estimate of drug-likeness (QED) is 0.492. The highest BCUT2D eigenvalue weighted by Crippen LogP contribution is 2.44. The number of carbonyl (C=O) groups excluding carboxylic acids is 1. The molecule has 3 aromatic rings. The van der Waals surface area contributed by atoms with Crippen LogP contribution in [0.1, 0.15) is 28.8 Å². The molecule has 3 N–H and O–H groups in total. The Morgan fingerprint density at radius 1 is 1.03 bits per heavy atom. The lowest BCUT2D eigenvalue weighted by molar-refractivity contribution is -0.196. The molecule has 4 rings (SSSR count). The fraction of sp³-hybridized carbons (Fsp3) is 0.333. The van der Waals surface area contributed by atoms with Gasteiger partial charge in [-0.05, 0) is 31.0 Å². The molecule has 1 aromatic heterocycles. The third-order valence-electron chi connectivity index (χ3n) is 5.93. The molecule has 1 saturated carbocycles. The number of fused-ring (bicyclic) bond motifs is 1. The Labute approximate surface area is 182 Å². The number of aromatic nitrogens is 2. The van der Waals surface area contributed by atoms with Crippen molar-refractivity contribution in [3.05, 3.63) is 63.3 Å². The predicted octanol–water partition coefficient (Wildman–Crippen LogP) is 3.98. The molecule has 1 amide bonds. The van der Waals surface area contributed by atoms with Gasteiger partial charge in [-0.15, -0.1) is 0 Å². The summed E-state index contributed by atoms with van der Waals surface area (Å²) in [5.74, 6) is -5.34. The van der Waals surface area contributed by atoms with Gasteiger partial charge in [0, 0.05) is 37.0 Å². The second kappa shape index (κ2) is 8.16. The van der Waals surface area contributed by atoms with E-state index in [1.54, 1.807) is 0 Å². The first kappa shape index (κ1) is 22.7. The van der Waals surface area contributed by atoms with Gasteiger partial charge in [-0.2, -0.15) is 13.2 Å². The van der Waals surface area contributed by atoms with Crippen molar-refractivity contribution in [2.24, 2.45) is 5.92 Å². The number of amides is 1. The lowest BCUT2D eigenvalue weighted by Crippen LogP contribution is -2.47. The summed E-state index contributed by atoms with van der Waals surface area (Å²) in [6, 6.07) is 3.48. The highest BCUT2D eigenvalue weighted by Gasteiger charge is 2.49. The van der Waals surface area contributed by atoms with Gasteiger partial charge in [0.2, 0.25) is 0 Å². The molecule has 1 aliphatic carbocycles. The summed E-state index contributed by atoms with van der Waals surface area (Å²) in [4.78, 5) is 29.7. The molecule has 0 aliphatic heterocycles. The molecule has 2 aromatic carbocycles. The first-order valence-electron chi connectivity index (χ1n) is 9.91. The van der Waals surface area contributed by atoms with Crippen molar-refractivity contribution in [3.63, 3.8) is 0 Å². The zero-order valence-electron chi connectivity index (χ0n) is 17.1. The molecule has 12 heteroatoms. The Bertz CT molecular complexity index is 1250. The Balaban J connectivity index is 1.45. The maximum atomic E-state index is 14.5. The van der Waals surface area contributed by atoms with Crippen LogP contribution >= 0.6 is 0 Å². The number of aromatic amines is 2. The number of nitrogens with one attached hydrogen (secondary N) is 3. The summed E-state index contributed by atoms with van der Waals surface area (Å²) in [5.41, 5.74) is -1.11. The van der Waals surface area contributed by atoms with Crippen molar-refractivity contribution >= 4 is 22.6 Å². The van der Waals surface area contributed by atoms with E-state index < -0.39 is 64.9 Å². The topological polar surface area (TPSA) is 81.0 Å². The number of halogens is 6. The van der Waals surface area contributed by atoms with E-state index >= 15 is 0 Å². The number of anilines is 1. The van der Waals surface area contributed by atoms with Crippen molar-refractivity contribution in [1.29, 1.82) is 0 Å². The molecule has 0 atom stereocenters. The smallest absolute Gasteiger partial charge is 0.371 e. The number of H-pyrrole nitrogens is 2. The van der Waals surface area contributed by atoms with Crippen molar-refractivity contribution < 1.29 is 31.1 Å². The van der Waals surface area contributed by atoms with E-state index in [0.717, 1.165) is 24.3 Å². The van der Waals surface area contributed by atoms with Crippen LogP contribution in [0.2, 0.25) is 0 Å². The van der Waals surface area contributed by atoms with E-state index in [2.05, 4.69) is 15.3 Å². The fourth-order valence-corrected chi connectivity index (χ4v) is 3.84. The lowest BCUT2D eigenvalue weighted by Gasteiger charge is -2.43. The summed E-state index contributed by atoms with van der Waals surface area (Å²) in [7, 11) is 1.46. The molecular formula is C21H18F6N4O2. The van der Waals surface area contributed by atoms with Crippen LogP contribution in [0, 0.1) is 23.4 Å². The Hall–Kier alpha value is -3.44. The van der Waals surface area contributed by atoms with E-state index in [1.165, 1.54) is 11.9 Å². The van der Waals surface area contributed by atoms with Crippen LogP contribution in [0.25, 0.3) is 11.0 Å².